The van der Waals surface area contributed by atoms with E-state index in [1.165, 1.54) is 0 Å². The molecule has 0 aliphatic heterocycles. The zero-order chi connectivity index (χ0) is 8.91. The lowest BCUT2D eigenvalue weighted by atomic mass is 10.3. The zero-order valence-corrected chi connectivity index (χ0v) is 7.02. The van der Waals surface area contributed by atoms with Gasteiger partial charge in [0.15, 0.2) is 0 Å². The van der Waals surface area contributed by atoms with Gasteiger partial charge >= 0.3 is 0 Å². The highest BCUT2D eigenvalue weighted by atomic mass is 32.2. The first kappa shape index (κ1) is 10.1. The highest BCUT2D eigenvalue weighted by molar-refractivity contribution is 7.90. The van der Waals surface area contributed by atoms with E-state index in [9.17, 15) is 13.2 Å². The maximum atomic E-state index is 10.7. The number of isocyanates is 1. The van der Waals surface area contributed by atoms with Crippen molar-refractivity contribution in [2.45, 2.75) is 13.3 Å². The second kappa shape index (κ2) is 4.05. The van der Waals surface area contributed by atoms with Crippen molar-refractivity contribution in [1.82, 2.24) is 0 Å². The Morgan fingerprint density at radius 3 is 2.55 bits per heavy atom. The standard InChI is InChI=1S/C6H9NO3S/c1-6(2)3-4-11(9,10)7-5-8/h1,3-4H2,2H3. The summed E-state index contributed by atoms with van der Waals surface area (Å²) in [6, 6.07) is 0. The van der Waals surface area contributed by atoms with Crippen LogP contribution in [0.5, 0.6) is 0 Å². The van der Waals surface area contributed by atoms with Gasteiger partial charge in [-0.25, -0.2) is 13.2 Å². The van der Waals surface area contributed by atoms with Crippen LogP contribution in [0.2, 0.25) is 0 Å². The Bertz CT molecular complexity index is 285. The summed E-state index contributed by atoms with van der Waals surface area (Å²) >= 11 is 0. The van der Waals surface area contributed by atoms with Gasteiger partial charge in [0.1, 0.15) is 0 Å². The van der Waals surface area contributed by atoms with Crippen LogP contribution in [0.1, 0.15) is 13.3 Å². The topological polar surface area (TPSA) is 63.6 Å². The third kappa shape index (κ3) is 5.51. The molecule has 0 atom stereocenters. The number of rotatable bonds is 4. The summed E-state index contributed by atoms with van der Waals surface area (Å²) in [4.78, 5) is 9.57. The van der Waals surface area contributed by atoms with Crippen LogP contribution in [-0.4, -0.2) is 20.3 Å². The van der Waals surface area contributed by atoms with Crippen LogP contribution in [0.4, 0.5) is 0 Å². The Hall–Kier alpha value is -0.930. The van der Waals surface area contributed by atoms with Gasteiger partial charge in [-0.05, 0) is 13.3 Å². The maximum Gasteiger partial charge on any atom is 0.263 e. The quantitative estimate of drug-likeness (QED) is 0.357. The molecule has 0 fully saturated rings. The van der Waals surface area contributed by atoms with E-state index in [2.05, 4.69) is 11.0 Å². The minimum atomic E-state index is -3.59. The summed E-state index contributed by atoms with van der Waals surface area (Å²) in [5.74, 6) is -0.169. The molecule has 0 saturated heterocycles. The van der Waals surface area contributed by atoms with Gasteiger partial charge in [0.05, 0.1) is 5.75 Å². The number of carbonyl (C=O) groups excluding carboxylic acids is 1. The maximum absolute atomic E-state index is 10.7. The molecule has 0 saturated carbocycles. The van der Waals surface area contributed by atoms with Gasteiger partial charge in [-0.1, -0.05) is 9.97 Å². The molecular formula is C6H9NO3S. The first-order chi connectivity index (χ1) is 4.98. The van der Waals surface area contributed by atoms with E-state index >= 15 is 0 Å². The Kier molecular flexibility index (Phi) is 3.71. The SMILES string of the molecule is C=C(C)CCS(=O)(=O)N=C=O. The van der Waals surface area contributed by atoms with E-state index in [-0.39, 0.29) is 5.75 Å². The molecule has 11 heavy (non-hydrogen) atoms. The summed E-state index contributed by atoms with van der Waals surface area (Å²) in [6.45, 7) is 5.22. The Morgan fingerprint density at radius 1 is 1.64 bits per heavy atom. The lowest BCUT2D eigenvalue weighted by molar-refractivity contribution is 0.563. The normalized spacial score (nSPS) is 10.3. The molecule has 0 aromatic carbocycles. The number of sulfonamides is 1. The van der Waals surface area contributed by atoms with Crippen LogP contribution in [0.3, 0.4) is 0 Å². The van der Waals surface area contributed by atoms with Crippen molar-refractivity contribution in [3.8, 4) is 0 Å². The highest BCUT2D eigenvalue weighted by Gasteiger charge is 2.06. The molecule has 0 aliphatic carbocycles. The van der Waals surface area contributed by atoms with Gasteiger partial charge in [0.2, 0.25) is 0 Å². The molecule has 0 aromatic rings. The van der Waals surface area contributed by atoms with Crippen molar-refractivity contribution in [2.75, 3.05) is 5.75 Å². The lowest BCUT2D eigenvalue weighted by Crippen LogP contribution is -2.01. The average Bonchev–Trinajstić information content (AvgIpc) is 1.84. The van der Waals surface area contributed by atoms with Gasteiger partial charge in [0.25, 0.3) is 16.1 Å². The van der Waals surface area contributed by atoms with Crippen LogP contribution in [0.15, 0.2) is 16.5 Å². The van der Waals surface area contributed by atoms with Crippen molar-refractivity contribution >= 4 is 16.1 Å². The molecule has 0 heterocycles. The fraction of sp³-hybridized carbons (Fsp3) is 0.500. The van der Waals surface area contributed by atoms with Crippen molar-refractivity contribution in [2.24, 2.45) is 4.40 Å². The average molecular weight is 175 g/mol. The minimum absolute atomic E-state index is 0.169. The molecule has 0 unspecified atom stereocenters. The summed E-state index contributed by atoms with van der Waals surface area (Å²) in [5.41, 5.74) is 0.745. The highest BCUT2D eigenvalue weighted by Crippen LogP contribution is 2.00. The van der Waals surface area contributed by atoms with E-state index < -0.39 is 10.0 Å². The third-order valence-electron chi connectivity index (χ3n) is 0.963. The molecule has 0 bridgehead atoms. The predicted molar refractivity (Wildman–Crippen MR) is 41.3 cm³/mol. The van der Waals surface area contributed by atoms with E-state index in [0.717, 1.165) is 11.7 Å². The molecule has 62 valence electrons. The van der Waals surface area contributed by atoms with Crippen LogP contribution in [-0.2, 0) is 14.8 Å². The second-order valence-corrected chi connectivity index (χ2v) is 3.93. The number of hydrogen-bond acceptors (Lipinski definition) is 3. The van der Waals surface area contributed by atoms with Crippen LogP contribution >= 0.6 is 0 Å². The van der Waals surface area contributed by atoms with Crippen molar-refractivity contribution in [3.05, 3.63) is 12.2 Å². The molecule has 0 aromatic heterocycles. The monoisotopic (exact) mass is 175 g/mol. The van der Waals surface area contributed by atoms with E-state index in [1.54, 1.807) is 6.92 Å². The zero-order valence-electron chi connectivity index (χ0n) is 6.20. The van der Waals surface area contributed by atoms with E-state index in [4.69, 9.17) is 0 Å². The predicted octanol–water partition coefficient (Wildman–Crippen LogP) is 0.618. The summed E-state index contributed by atoms with van der Waals surface area (Å²) in [5, 5.41) is 0. The van der Waals surface area contributed by atoms with E-state index in [1.807, 2.05) is 0 Å². The fourth-order valence-corrected chi connectivity index (χ4v) is 1.22. The van der Waals surface area contributed by atoms with Gasteiger partial charge in [-0.15, -0.1) is 6.58 Å². The van der Waals surface area contributed by atoms with Gasteiger partial charge < -0.3 is 0 Å². The lowest BCUT2D eigenvalue weighted by Gasteiger charge is -1.94. The number of allylic oxidation sites excluding steroid dienone is 1. The second-order valence-electron chi connectivity index (χ2n) is 2.18. The molecule has 0 aliphatic rings. The molecule has 0 N–H and O–H groups in total. The fourth-order valence-electron chi connectivity index (χ4n) is 0.406. The number of hydrogen-bond donors (Lipinski definition) is 0. The molecule has 0 rings (SSSR count). The molecule has 0 spiro atoms. The van der Waals surface area contributed by atoms with Gasteiger partial charge in [-0.3, -0.25) is 0 Å². The van der Waals surface area contributed by atoms with Gasteiger partial charge in [-0.2, -0.15) is 0 Å². The molecule has 4 nitrogen and oxygen atoms in total. The van der Waals surface area contributed by atoms with Gasteiger partial charge in [0, 0.05) is 0 Å². The number of nitrogens with zero attached hydrogens (tertiary/aromatic N) is 1. The molecule has 0 radical (unpaired) electrons. The van der Waals surface area contributed by atoms with Crippen molar-refractivity contribution in [3.63, 3.8) is 0 Å². The Balaban J connectivity index is 4.16. The van der Waals surface area contributed by atoms with Crippen LogP contribution in [0.25, 0.3) is 0 Å². The summed E-state index contributed by atoms with van der Waals surface area (Å²) in [7, 11) is -3.59. The van der Waals surface area contributed by atoms with Crippen molar-refractivity contribution < 1.29 is 13.2 Å². The molecule has 5 heteroatoms. The van der Waals surface area contributed by atoms with E-state index in [0.29, 0.717) is 6.42 Å². The minimum Gasteiger partial charge on any atom is -0.210 e. The first-order valence-electron chi connectivity index (χ1n) is 2.94. The smallest absolute Gasteiger partial charge is 0.210 e. The third-order valence-corrected chi connectivity index (χ3v) is 2.04. The Labute approximate surface area is 65.7 Å². The Morgan fingerprint density at radius 2 is 2.18 bits per heavy atom. The van der Waals surface area contributed by atoms with Crippen LogP contribution < -0.4 is 0 Å². The molecule has 0 amide bonds. The summed E-state index contributed by atoms with van der Waals surface area (Å²) in [6.07, 6.45) is 1.32. The summed E-state index contributed by atoms with van der Waals surface area (Å²) < 4.78 is 24.0. The van der Waals surface area contributed by atoms with Crippen molar-refractivity contribution in [1.29, 1.82) is 0 Å². The first-order valence-corrected chi connectivity index (χ1v) is 4.55. The largest absolute Gasteiger partial charge is 0.263 e. The van der Waals surface area contributed by atoms with Crippen LogP contribution in [0, 0.1) is 0 Å². The molecular weight excluding hydrogens is 166 g/mol.